The Morgan fingerprint density at radius 2 is 2.03 bits per heavy atom. The van der Waals surface area contributed by atoms with Crippen LogP contribution >= 0.6 is 0 Å². The predicted molar refractivity (Wildman–Crippen MR) is 113 cm³/mol. The van der Waals surface area contributed by atoms with Gasteiger partial charge in [0.25, 0.3) is 0 Å². The highest BCUT2D eigenvalue weighted by Gasteiger charge is 2.37. The second kappa shape index (κ2) is 8.06. The number of anilines is 1. The Morgan fingerprint density at radius 3 is 2.77 bits per heavy atom. The molecular weight excluding hydrogens is 384 g/mol. The van der Waals surface area contributed by atoms with Crippen molar-refractivity contribution in [2.75, 3.05) is 25.7 Å². The third-order valence-electron chi connectivity index (χ3n) is 5.35. The van der Waals surface area contributed by atoms with Gasteiger partial charge in [0.1, 0.15) is 17.3 Å². The minimum absolute atomic E-state index is 0.116. The molecule has 0 bridgehead atoms. The van der Waals surface area contributed by atoms with E-state index in [1.54, 1.807) is 30.2 Å². The first kappa shape index (κ1) is 19.8. The Labute approximate surface area is 174 Å². The van der Waals surface area contributed by atoms with Crippen molar-refractivity contribution in [1.29, 1.82) is 0 Å². The van der Waals surface area contributed by atoms with Crippen LogP contribution in [0, 0.1) is 5.92 Å². The van der Waals surface area contributed by atoms with E-state index in [1.165, 1.54) is 7.11 Å². The molecule has 1 aromatic heterocycles. The van der Waals surface area contributed by atoms with Gasteiger partial charge in [0.2, 0.25) is 11.8 Å². The Bertz CT molecular complexity index is 1060. The van der Waals surface area contributed by atoms with Crippen molar-refractivity contribution in [3.05, 3.63) is 48.3 Å². The summed E-state index contributed by atoms with van der Waals surface area (Å²) in [6, 6.07) is 12.7. The summed E-state index contributed by atoms with van der Waals surface area (Å²) in [7, 11) is 3.11. The molecule has 3 aromatic rings. The van der Waals surface area contributed by atoms with E-state index < -0.39 is 5.92 Å². The molecule has 156 valence electrons. The lowest BCUT2D eigenvalue weighted by molar-refractivity contribution is -0.126. The van der Waals surface area contributed by atoms with Crippen LogP contribution in [0.3, 0.4) is 0 Å². The number of benzene rings is 2. The summed E-state index contributed by atoms with van der Waals surface area (Å²) >= 11 is 0. The number of nitrogens with one attached hydrogen (secondary N) is 2. The number of amides is 2. The monoisotopic (exact) mass is 408 g/mol. The largest absolute Gasteiger partial charge is 0.497 e. The molecule has 2 amide bonds. The number of carbonyl (C=O) groups is 2. The number of methoxy groups -OCH3 is 2. The van der Waals surface area contributed by atoms with Gasteiger partial charge in [-0.25, -0.2) is 4.98 Å². The van der Waals surface area contributed by atoms with E-state index in [2.05, 4.69) is 15.3 Å². The van der Waals surface area contributed by atoms with Crippen molar-refractivity contribution in [1.82, 2.24) is 15.3 Å². The number of ether oxygens (including phenoxy) is 2. The first-order valence-electron chi connectivity index (χ1n) is 9.77. The minimum atomic E-state index is -0.448. The molecule has 1 aliphatic rings. The van der Waals surface area contributed by atoms with Crippen LogP contribution in [0.25, 0.3) is 11.0 Å². The Hall–Kier alpha value is -3.55. The average Bonchev–Trinajstić information content (AvgIpc) is 3.37. The lowest BCUT2D eigenvalue weighted by Gasteiger charge is -2.20. The van der Waals surface area contributed by atoms with Crippen LogP contribution < -0.4 is 19.7 Å². The zero-order chi connectivity index (χ0) is 21.3. The molecule has 30 heavy (non-hydrogen) atoms. The maximum atomic E-state index is 12.8. The Morgan fingerprint density at radius 1 is 1.23 bits per heavy atom. The van der Waals surface area contributed by atoms with E-state index in [9.17, 15) is 9.59 Å². The van der Waals surface area contributed by atoms with Crippen LogP contribution in [-0.2, 0) is 9.59 Å². The number of aromatic amines is 1. The van der Waals surface area contributed by atoms with E-state index in [4.69, 9.17) is 9.47 Å². The second-order valence-corrected chi connectivity index (χ2v) is 7.31. The predicted octanol–water partition coefficient (Wildman–Crippen LogP) is 2.81. The van der Waals surface area contributed by atoms with Gasteiger partial charge in [0.15, 0.2) is 0 Å². The summed E-state index contributed by atoms with van der Waals surface area (Å²) in [6.45, 7) is 2.16. The van der Waals surface area contributed by atoms with Gasteiger partial charge in [-0.05, 0) is 31.2 Å². The smallest absolute Gasteiger partial charge is 0.227 e. The Kier molecular flexibility index (Phi) is 5.31. The number of rotatable bonds is 6. The van der Waals surface area contributed by atoms with E-state index in [0.29, 0.717) is 29.6 Å². The third-order valence-corrected chi connectivity index (χ3v) is 5.35. The van der Waals surface area contributed by atoms with Crippen molar-refractivity contribution in [3.63, 3.8) is 0 Å². The van der Waals surface area contributed by atoms with E-state index >= 15 is 0 Å². The average molecular weight is 408 g/mol. The standard InChI is InChI=1S/C22H24N4O4/c1-13(21-24-16-6-4-5-7-17(16)25-21)23-22(28)14-10-20(27)26(12-14)18-9-8-15(29-2)11-19(18)30-3/h4-9,11,13-14H,10,12H2,1-3H3,(H,23,28)(H,24,25)/t13-,14?/m0/s1. The van der Waals surface area contributed by atoms with E-state index in [-0.39, 0.29) is 24.3 Å². The van der Waals surface area contributed by atoms with Gasteiger partial charge >= 0.3 is 0 Å². The van der Waals surface area contributed by atoms with Crippen molar-refractivity contribution < 1.29 is 19.1 Å². The lowest BCUT2D eigenvalue weighted by Crippen LogP contribution is -2.35. The highest BCUT2D eigenvalue weighted by atomic mass is 16.5. The fourth-order valence-corrected chi connectivity index (χ4v) is 3.70. The molecule has 2 N–H and O–H groups in total. The van der Waals surface area contributed by atoms with Crippen LogP contribution in [0.4, 0.5) is 5.69 Å². The summed E-state index contributed by atoms with van der Waals surface area (Å²) in [5.74, 6) is 1.11. The van der Waals surface area contributed by atoms with Crippen LogP contribution in [-0.4, -0.2) is 42.5 Å². The number of imidazole rings is 1. The van der Waals surface area contributed by atoms with Crippen molar-refractivity contribution in [2.45, 2.75) is 19.4 Å². The van der Waals surface area contributed by atoms with E-state index in [1.807, 2.05) is 31.2 Å². The topological polar surface area (TPSA) is 96.5 Å². The second-order valence-electron chi connectivity index (χ2n) is 7.31. The summed E-state index contributed by atoms with van der Waals surface area (Å²) in [5.41, 5.74) is 2.40. The molecule has 1 fully saturated rings. The molecule has 0 radical (unpaired) electrons. The fraction of sp³-hybridized carbons (Fsp3) is 0.318. The number of hydrogen-bond acceptors (Lipinski definition) is 5. The molecule has 8 nitrogen and oxygen atoms in total. The molecule has 8 heteroatoms. The van der Waals surface area contributed by atoms with Crippen LogP contribution in [0.1, 0.15) is 25.2 Å². The molecule has 1 aliphatic heterocycles. The SMILES string of the molecule is COc1ccc(N2CC(C(=O)N[C@@H](C)c3nc4ccccc4[nH]3)CC2=O)c(OC)c1. The van der Waals surface area contributed by atoms with Gasteiger partial charge < -0.3 is 24.7 Å². The van der Waals surface area contributed by atoms with Crippen LogP contribution in [0.2, 0.25) is 0 Å². The maximum absolute atomic E-state index is 12.8. The summed E-state index contributed by atoms with van der Waals surface area (Å²) < 4.78 is 10.6. The Balaban J connectivity index is 1.46. The lowest BCUT2D eigenvalue weighted by atomic mass is 10.1. The molecule has 4 rings (SSSR count). The van der Waals surface area contributed by atoms with E-state index in [0.717, 1.165) is 11.0 Å². The van der Waals surface area contributed by atoms with Gasteiger partial charge in [-0.1, -0.05) is 12.1 Å². The number of aromatic nitrogens is 2. The molecule has 0 spiro atoms. The molecule has 1 saturated heterocycles. The molecule has 1 unspecified atom stereocenters. The molecule has 2 atom stereocenters. The normalized spacial score (nSPS) is 17.2. The van der Waals surface area contributed by atoms with Crippen molar-refractivity contribution in [2.24, 2.45) is 5.92 Å². The molecule has 2 heterocycles. The van der Waals surface area contributed by atoms with Crippen LogP contribution in [0.15, 0.2) is 42.5 Å². The van der Waals surface area contributed by atoms with Crippen molar-refractivity contribution >= 4 is 28.5 Å². The van der Waals surface area contributed by atoms with Gasteiger partial charge in [-0.3, -0.25) is 9.59 Å². The zero-order valence-corrected chi connectivity index (χ0v) is 17.1. The molecular formula is C22H24N4O4. The van der Waals surface area contributed by atoms with Gasteiger partial charge in [0, 0.05) is 19.0 Å². The molecule has 2 aromatic carbocycles. The van der Waals surface area contributed by atoms with Gasteiger partial charge in [-0.15, -0.1) is 0 Å². The minimum Gasteiger partial charge on any atom is -0.497 e. The van der Waals surface area contributed by atoms with Gasteiger partial charge in [-0.2, -0.15) is 0 Å². The van der Waals surface area contributed by atoms with Crippen molar-refractivity contribution in [3.8, 4) is 11.5 Å². The molecule has 0 saturated carbocycles. The number of para-hydroxylation sites is 2. The highest BCUT2D eigenvalue weighted by molar-refractivity contribution is 6.01. The third kappa shape index (κ3) is 3.68. The number of fused-ring (bicyclic) bond motifs is 1. The highest BCUT2D eigenvalue weighted by Crippen LogP contribution is 2.36. The quantitative estimate of drug-likeness (QED) is 0.654. The fourth-order valence-electron chi connectivity index (χ4n) is 3.70. The number of nitrogens with zero attached hydrogens (tertiary/aromatic N) is 2. The summed E-state index contributed by atoms with van der Waals surface area (Å²) in [5, 5.41) is 2.98. The van der Waals surface area contributed by atoms with Crippen LogP contribution in [0.5, 0.6) is 11.5 Å². The first-order chi connectivity index (χ1) is 14.5. The zero-order valence-electron chi connectivity index (χ0n) is 17.1. The number of carbonyl (C=O) groups excluding carboxylic acids is 2. The number of H-pyrrole nitrogens is 1. The first-order valence-corrected chi connectivity index (χ1v) is 9.77. The van der Waals surface area contributed by atoms with Gasteiger partial charge in [0.05, 0.1) is 42.9 Å². The number of hydrogen-bond donors (Lipinski definition) is 2. The molecule has 0 aliphatic carbocycles. The maximum Gasteiger partial charge on any atom is 0.227 e. The summed E-state index contributed by atoms with van der Waals surface area (Å²) in [4.78, 5) is 34.8. The summed E-state index contributed by atoms with van der Waals surface area (Å²) in [6.07, 6.45) is 0.147.